The Bertz CT molecular complexity index is 178. The van der Waals surface area contributed by atoms with Crippen molar-refractivity contribution in [3.8, 4) is 0 Å². The number of carbonyl (C=O) groups excluding carboxylic acids is 1. The van der Waals surface area contributed by atoms with Crippen LogP contribution >= 0.6 is 0 Å². The van der Waals surface area contributed by atoms with Crippen molar-refractivity contribution in [3.05, 3.63) is 0 Å². The van der Waals surface area contributed by atoms with E-state index in [-0.39, 0.29) is 11.9 Å². The van der Waals surface area contributed by atoms with E-state index in [2.05, 4.69) is 13.8 Å². The summed E-state index contributed by atoms with van der Waals surface area (Å²) in [6.45, 7) is 5.15. The van der Waals surface area contributed by atoms with Crippen molar-refractivity contribution in [2.75, 3.05) is 6.54 Å². The molecule has 1 saturated heterocycles. The largest absolute Gasteiger partial charge is 0.338 e. The van der Waals surface area contributed by atoms with Crippen LogP contribution in [-0.4, -0.2) is 29.4 Å². The second kappa shape index (κ2) is 4.61. The zero-order valence-corrected chi connectivity index (χ0v) is 8.62. The summed E-state index contributed by atoms with van der Waals surface area (Å²) in [6.07, 6.45) is 3.99. The SMILES string of the molecule is CCC(CC)N1CCCC(N)C1=O. The van der Waals surface area contributed by atoms with Gasteiger partial charge in [0.25, 0.3) is 0 Å². The molecule has 1 unspecified atom stereocenters. The van der Waals surface area contributed by atoms with Crippen molar-refractivity contribution < 1.29 is 4.79 Å². The first-order valence-corrected chi connectivity index (χ1v) is 5.26. The summed E-state index contributed by atoms with van der Waals surface area (Å²) in [5, 5.41) is 0. The van der Waals surface area contributed by atoms with Crippen LogP contribution in [0.5, 0.6) is 0 Å². The number of likely N-dealkylation sites (tertiary alicyclic amines) is 1. The number of rotatable bonds is 3. The van der Waals surface area contributed by atoms with Crippen molar-refractivity contribution >= 4 is 5.91 Å². The van der Waals surface area contributed by atoms with Gasteiger partial charge in [0, 0.05) is 12.6 Å². The summed E-state index contributed by atoms with van der Waals surface area (Å²) in [4.78, 5) is 13.7. The number of carbonyl (C=O) groups is 1. The second-order valence-electron chi connectivity index (χ2n) is 3.75. The molecule has 0 aliphatic carbocycles. The average molecular weight is 184 g/mol. The van der Waals surface area contributed by atoms with Gasteiger partial charge in [0.05, 0.1) is 6.04 Å². The molecule has 13 heavy (non-hydrogen) atoms. The topological polar surface area (TPSA) is 46.3 Å². The van der Waals surface area contributed by atoms with E-state index in [1.165, 1.54) is 0 Å². The van der Waals surface area contributed by atoms with Gasteiger partial charge in [0.15, 0.2) is 0 Å². The summed E-state index contributed by atoms with van der Waals surface area (Å²) in [6, 6.07) is 0.160. The molecular weight excluding hydrogens is 164 g/mol. The normalized spacial score (nSPS) is 24.2. The molecule has 0 saturated carbocycles. The van der Waals surface area contributed by atoms with Crippen molar-refractivity contribution in [2.45, 2.75) is 51.6 Å². The first kappa shape index (κ1) is 10.5. The minimum Gasteiger partial charge on any atom is -0.338 e. The molecule has 1 aliphatic rings. The number of nitrogens with zero attached hydrogens (tertiary/aromatic N) is 1. The lowest BCUT2D eigenvalue weighted by Gasteiger charge is -2.36. The van der Waals surface area contributed by atoms with Gasteiger partial charge >= 0.3 is 0 Å². The summed E-state index contributed by atoms with van der Waals surface area (Å²) >= 11 is 0. The Labute approximate surface area is 80.3 Å². The summed E-state index contributed by atoms with van der Waals surface area (Å²) < 4.78 is 0. The molecule has 0 spiro atoms. The third kappa shape index (κ3) is 2.21. The number of hydrogen-bond donors (Lipinski definition) is 1. The van der Waals surface area contributed by atoms with Crippen molar-refractivity contribution in [2.24, 2.45) is 5.73 Å². The molecule has 1 amide bonds. The highest BCUT2D eigenvalue weighted by molar-refractivity contribution is 5.82. The highest BCUT2D eigenvalue weighted by atomic mass is 16.2. The van der Waals surface area contributed by atoms with Crippen LogP contribution in [-0.2, 0) is 4.79 Å². The lowest BCUT2D eigenvalue weighted by molar-refractivity contribution is -0.137. The van der Waals surface area contributed by atoms with E-state index in [9.17, 15) is 4.79 Å². The fourth-order valence-electron chi connectivity index (χ4n) is 2.02. The maximum atomic E-state index is 11.7. The van der Waals surface area contributed by atoms with Crippen LogP contribution in [0.3, 0.4) is 0 Å². The Morgan fingerprint density at radius 2 is 2.15 bits per heavy atom. The fourth-order valence-corrected chi connectivity index (χ4v) is 2.02. The predicted molar refractivity (Wildman–Crippen MR) is 53.3 cm³/mol. The van der Waals surface area contributed by atoms with Gasteiger partial charge in [-0.05, 0) is 25.7 Å². The molecule has 1 heterocycles. The smallest absolute Gasteiger partial charge is 0.239 e. The summed E-state index contributed by atoms with van der Waals surface area (Å²) in [5.41, 5.74) is 5.72. The fraction of sp³-hybridized carbons (Fsp3) is 0.900. The van der Waals surface area contributed by atoms with E-state index in [0.29, 0.717) is 6.04 Å². The Morgan fingerprint density at radius 3 is 2.69 bits per heavy atom. The third-order valence-electron chi connectivity index (χ3n) is 2.90. The molecule has 1 aliphatic heterocycles. The third-order valence-corrected chi connectivity index (χ3v) is 2.90. The van der Waals surface area contributed by atoms with E-state index in [4.69, 9.17) is 5.73 Å². The van der Waals surface area contributed by atoms with E-state index < -0.39 is 0 Å². The highest BCUT2D eigenvalue weighted by Gasteiger charge is 2.29. The van der Waals surface area contributed by atoms with Gasteiger partial charge in [0.1, 0.15) is 0 Å². The number of piperidine rings is 1. The lowest BCUT2D eigenvalue weighted by atomic mass is 10.0. The average Bonchev–Trinajstić information content (AvgIpc) is 2.14. The molecule has 1 rings (SSSR count). The minimum absolute atomic E-state index is 0.153. The number of hydrogen-bond acceptors (Lipinski definition) is 2. The lowest BCUT2D eigenvalue weighted by Crippen LogP contribution is -2.52. The molecule has 0 aromatic rings. The monoisotopic (exact) mass is 184 g/mol. The standard InChI is InChI=1S/C10H20N2O/c1-3-8(4-2)12-7-5-6-9(11)10(12)13/h8-9H,3-7,11H2,1-2H3. The van der Waals surface area contributed by atoms with Gasteiger partial charge in [-0.1, -0.05) is 13.8 Å². The van der Waals surface area contributed by atoms with Gasteiger partial charge in [-0.25, -0.2) is 0 Å². The molecule has 0 radical (unpaired) electrons. The molecule has 3 heteroatoms. The van der Waals surface area contributed by atoms with E-state index >= 15 is 0 Å². The van der Waals surface area contributed by atoms with E-state index in [1.54, 1.807) is 0 Å². The van der Waals surface area contributed by atoms with Crippen LogP contribution in [0.25, 0.3) is 0 Å². The molecule has 1 fully saturated rings. The predicted octanol–water partition coefficient (Wildman–Crippen LogP) is 1.12. The van der Waals surface area contributed by atoms with Gasteiger partial charge in [-0.3, -0.25) is 4.79 Å². The summed E-state index contributed by atoms with van der Waals surface area (Å²) in [7, 11) is 0. The molecule has 2 N–H and O–H groups in total. The van der Waals surface area contributed by atoms with Crippen LogP contribution in [0.15, 0.2) is 0 Å². The minimum atomic E-state index is -0.241. The first-order valence-electron chi connectivity index (χ1n) is 5.26. The molecule has 76 valence electrons. The Balaban J connectivity index is 2.61. The van der Waals surface area contributed by atoms with E-state index in [1.807, 2.05) is 4.90 Å². The zero-order valence-electron chi connectivity index (χ0n) is 8.62. The van der Waals surface area contributed by atoms with Crippen LogP contribution < -0.4 is 5.73 Å². The molecule has 0 aromatic carbocycles. The van der Waals surface area contributed by atoms with Crippen LogP contribution in [0.4, 0.5) is 0 Å². The quantitative estimate of drug-likeness (QED) is 0.714. The van der Waals surface area contributed by atoms with Crippen molar-refractivity contribution in [3.63, 3.8) is 0 Å². The molecular formula is C10H20N2O. The molecule has 3 nitrogen and oxygen atoms in total. The van der Waals surface area contributed by atoms with E-state index in [0.717, 1.165) is 32.2 Å². The Kier molecular flexibility index (Phi) is 3.72. The second-order valence-corrected chi connectivity index (χ2v) is 3.75. The van der Waals surface area contributed by atoms with Gasteiger partial charge in [-0.2, -0.15) is 0 Å². The maximum absolute atomic E-state index is 11.7. The molecule has 0 aromatic heterocycles. The van der Waals surface area contributed by atoms with Crippen LogP contribution in [0, 0.1) is 0 Å². The van der Waals surface area contributed by atoms with Crippen LogP contribution in [0.1, 0.15) is 39.5 Å². The zero-order chi connectivity index (χ0) is 9.84. The Hall–Kier alpha value is -0.570. The van der Waals surface area contributed by atoms with Crippen molar-refractivity contribution in [1.29, 1.82) is 0 Å². The number of amides is 1. The first-order chi connectivity index (χ1) is 6.20. The molecule has 1 atom stereocenters. The van der Waals surface area contributed by atoms with Gasteiger partial charge in [-0.15, -0.1) is 0 Å². The van der Waals surface area contributed by atoms with Gasteiger partial charge in [0.2, 0.25) is 5.91 Å². The Morgan fingerprint density at radius 1 is 1.54 bits per heavy atom. The highest BCUT2D eigenvalue weighted by Crippen LogP contribution is 2.16. The van der Waals surface area contributed by atoms with Gasteiger partial charge < -0.3 is 10.6 Å². The molecule has 0 bridgehead atoms. The van der Waals surface area contributed by atoms with Crippen molar-refractivity contribution in [1.82, 2.24) is 4.90 Å². The summed E-state index contributed by atoms with van der Waals surface area (Å²) in [5.74, 6) is 0.153. The maximum Gasteiger partial charge on any atom is 0.239 e. The number of nitrogens with two attached hydrogens (primary N) is 1. The van der Waals surface area contributed by atoms with Crippen LogP contribution in [0.2, 0.25) is 0 Å².